The zero-order valence-electron chi connectivity index (χ0n) is 26.4. The van der Waals surface area contributed by atoms with Crippen molar-refractivity contribution in [1.29, 1.82) is 0 Å². The summed E-state index contributed by atoms with van der Waals surface area (Å²) in [6.45, 7) is 0. The Labute approximate surface area is 283 Å². The van der Waals surface area contributed by atoms with Gasteiger partial charge in [0.1, 0.15) is 5.82 Å². The number of hydrogen-bond acceptors (Lipinski definition) is 2. The first kappa shape index (κ1) is 29.3. The van der Waals surface area contributed by atoms with E-state index in [1.54, 1.807) is 12.1 Å². The van der Waals surface area contributed by atoms with Gasteiger partial charge in [0.15, 0.2) is 7.14 Å². The second kappa shape index (κ2) is 11.7. The van der Waals surface area contributed by atoms with Crippen molar-refractivity contribution in [3.63, 3.8) is 0 Å². The highest BCUT2D eigenvalue weighted by molar-refractivity contribution is 7.85. The lowest BCUT2D eigenvalue weighted by Gasteiger charge is -2.23. The molecule has 0 bridgehead atoms. The Morgan fingerprint density at radius 3 is 1.63 bits per heavy atom. The van der Waals surface area contributed by atoms with Crippen LogP contribution in [-0.4, -0.2) is 4.98 Å². The van der Waals surface area contributed by atoms with Crippen LogP contribution in [0, 0.1) is 5.82 Å². The molecule has 9 rings (SSSR count). The summed E-state index contributed by atoms with van der Waals surface area (Å²) in [6, 6.07) is 57.7. The molecular weight excluding hydrogens is 620 g/mol. The third-order valence-electron chi connectivity index (χ3n) is 9.59. The molecule has 0 aliphatic heterocycles. The van der Waals surface area contributed by atoms with Crippen molar-refractivity contribution in [3.05, 3.63) is 182 Å². The number of hydrogen-bond donors (Lipinski definition) is 0. The fourth-order valence-corrected chi connectivity index (χ4v) is 10.2. The SMILES string of the molecule is O=P(c1ccccc1)(c1ccccc1)c1ccc(-c2cc3c(-c4ccc(F)cc4)nc4ccccc4c3c3ccccc23)c2ccccc12. The Bertz CT molecular complexity index is 2700. The van der Waals surface area contributed by atoms with Gasteiger partial charge in [0.2, 0.25) is 0 Å². The Morgan fingerprint density at radius 2 is 0.980 bits per heavy atom. The van der Waals surface area contributed by atoms with E-state index in [0.29, 0.717) is 0 Å². The van der Waals surface area contributed by atoms with E-state index in [1.165, 1.54) is 12.1 Å². The summed E-state index contributed by atoms with van der Waals surface area (Å²) in [5.41, 5.74) is 4.65. The van der Waals surface area contributed by atoms with Gasteiger partial charge in [0, 0.05) is 37.6 Å². The topological polar surface area (TPSA) is 30.0 Å². The van der Waals surface area contributed by atoms with Crippen molar-refractivity contribution in [3.8, 4) is 22.4 Å². The minimum atomic E-state index is -3.24. The Balaban J connectivity index is 1.38. The number of halogens is 1. The summed E-state index contributed by atoms with van der Waals surface area (Å²) in [6.07, 6.45) is 0. The zero-order chi connectivity index (χ0) is 33.0. The molecule has 0 saturated carbocycles. The van der Waals surface area contributed by atoms with Crippen molar-refractivity contribution in [1.82, 2.24) is 4.98 Å². The van der Waals surface area contributed by atoms with E-state index >= 15 is 4.57 Å². The Hall–Kier alpha value is -5.89. The number of aromatic nitrogens is 1. The highest BCUT2D eigenvalue weighted by atomic mass is 31.2. The van der Waals surface area contributed by atoms with E-state index in [1.807, 2.05) is 91.0 Å². The average molecular weight is 650 g/mol. The minimum absolute atomic E-state index is 0.283. The number of rotatable bonds is 5. The first-order chi connectivity index (χ1) is 24.1. The molecule has 232 valence electrons. The van der Waals surface area contributed by atoms with E-state index in [-0.39, 0.29) is 5.82 Å². The molecule has 0 aliphatic carbocycles. The van der Waals surface area contributed by atoms with E-state index in [0.717, 1.165) is 81.5 Å². The summed E-state index contributed by atoms with van der Waals surface area (Å²) >= 11 is 0. The maximum Gasteiger partial charge on any atom is 0.171 e. The minimum Gasteiger partial charge on any atom is -0.309 e. The molecule has 0 N–H and O–H groups in total. The maximum atomic E-state index is 15.6. The molecule has 0 fully saturated rings. The predicted octanol–water partition coefficient (Wildman–Crippen LogP) is 10.8. The monoisotopic (exact) mass is 649 g/mol. The molecule has 8 aromatic carbocycles. The van der Waals surface area contributed by atoms with Crippen LogP contribution >= 0.6 is 7.14 Å². The van der Waals surface area contributed by atoms with Gasteiger partial charge in [-0.05, 0) is 75.1 Å². The number of fused-ring (bicyclic) bond motifs is 6. The highest BCUT2D eigenvalue weighted by Gasteiger charge is 2.32. The maximum absolute atomic E-state index is 15.6. The van der Waals surface area contributed by atoms with E-state index in [4.69, 9.17) is 4.98 Å². The van der Waals surface area contributed by atoms with Gasteiger partial charge in [-0.25, -0.2) is 9.37 Å². The van der Waals surface area contributed by atoms with Crippen LogP contribution < -0.4 is 15.9 Å². The molecule has 1 heterocycles. The van der Waals surface area contributed by atoms with Crippen LogP contribution in [0.5, 0.6) is 0 Å². The zero-order valence-corrected chi connectivity index (χ0v) is 27.3. The smallest absolute Gasteiger partial charge is 0.171 e. The molecule has 49 heavy (non-hydrogen) atoms. The summed E-state index contributed by atoms with van der Waals surface area (Å²) in [4.78, 5) is 5.16. The number of pyridine rings is 1. The first-order valence-electron chi connectivity index (χ1n) is 16.4. The molecular formula is C45H29FNOP. The number of nitrogens with zero attached hydrogens (tertiary/aromatic N) is 1. The molecule has 0 aliphatic rings. The molecule has 0 spiro atoms. The van der Waals surface area contributed by atoms with Crippen LogP contribution in [0.25, 0.3) is 65.6 Å². The van der Waals surface area contributed by atoms with Crippen molar-refractivity contribution in [2.24, 2.45) is 0 Å². The number of benzene rings is 8. The van der Waals surface area contributed by atoms with Gasteiger partial charge in [-0.3, -0.25) is 0 Å². The van der Waals surface area contributed by atoms with Crippen LogP contribution in [0.3, 0.4) is 0 Å². The van der Waals surface area contributed by atoms with E-state index < -0.39 is 7.14 Å². The lowest BCUT2D eigenvalue weighted by molar-refractivity contribution is 0.592. The van der Waals surface area contributed by atoms with Gasteiger partial charge in [-0.2, -0.15) is 0 Å². The largest absolute Gasteiger partial charge is 0.309 e. The average Bonchev–Trinajstić information content (AvgIpc) is 3.17. The standard InChI is InChI=1S/C45H29FNOP/c46-31-25-23-30(24-26-31)45-41-29-40(35-18-8-10-20-38(35)44(41)39-21-11-12-22-42(39)47-45)36-27-28-43(37-19-9-7-17-34(36)37)49(48,32-13-3-1-4-14-32)33-15-5-2-6-16-33/h1-29H. The second-order valence-corrected chi connectivity index (χ2v) is 15.1. The lowest BCUT2D eigenvalue weighted by atomic mass is 9.88. The van der Waals surface area contributed by atoms with Gasteiger partial charge < -0.3 is 4.57 Å². The summed E-state index contributed by atoms with van der Waals surface area (Å²) < 4.78 is 29.7. The van der Waals surface area contributed by atoms with Crippen LogP contribution in [0.15, 0.2) is 176 Å². The summed E-state index contributed by atoms with van der Waals surface area (Å²) in [5.74, 6) is -0.283. The molecule has 0 amide bonds. The van der Waals surface area contributed by atoms with Crippen LogP contribution in [0.4, 0.5) is 4.39 Å². The van der Waals surface area contributed by atoms with Gasteiger partial charge in [-0.15, -0.1) is 0 Å². The Morgan fingerprint density at radius 1 is 0.449 bits per heavy atom. The number of para-hydroxylation sites is 1. The summed E-state index contributed by atoms with van der Waals surface area (Å²) in [5, 5.41) is 9.80. The molecule has 9 aromatic rings. The van der Waals surface area contributed by atoms with Gasteiger partial charge in [-0.1, -0.05) is 133 Å². The molecule has 0 saturated heterocycles. The quantitative estimate of drug-likeness (QED) is 0.137. The molecule has 0 unspecified atom stereocenters. The van der Waals surface area contributed by atoms with Gasteiger partial charge in [0.25, 0.3) is 0 Å². The molecule has 2 nitrogen and oxygen atoms in total. The fourth-order valence-electron chi connectivity index (χ4n) is 7.36. The van der Waals surface area contributed by atoms with Crippen LogP contribution in [0.1, 0.15) is 0 Å². The van der Waals surface area contributed by atoms with Crippen molar-refractivity contribution < 1.29 is 8.96 Å². The highest BCUT2D eigenvalue weighted by Crippen LogP contribution is 2.47. The van der Waals surface area contributed by atoms with Crippen LogP contribution in [0.2, 0.25) is 0 Å². The van der Waals surface area contributed by atoms with Crippen molar-refractivity contribution >= 4 is 66.3 Å². The fraction of sp³-hybridized carbons (Fsp3) is 0. The van der Waals surface area contributed by atoms with Gasteiger partial charge >= 0.3 is 0 Å². The molecule has 1 aromatic heterocycles. The van der Waals surface area contributed by atoms with Crippen molar-refractivity contribution in [2.45, 2.75) is 0 Å². The normalized spacial score (nSPS) is 11.9. The van der Waals surface area contributed by atoms with Crippen molar-refractivity contribution in [2.75, 3.05) is 0 Å². The van der Waals surface area contributed by atoms with Gasteiger partial charge in [0.05, 0.1) is 11.2 Å². The van der Waals surface area contributed by atoms with Crippen LogP contribution in [-0.2, 0) is 4.57 Å². The first-order valence-corrected chi connectivity index (χ1v) is 18.1. The molecule has 4 heteroatoms. The predicted molar refractivity (Wildman–Crippen MR) is 204 cm³/mol. The van der Waals surface area contributed by atoms with E-state index in [9.17, 15) is 4.39 Å². The second-order valence-electron chi connectivity index (χ2n) is 12.3. The Kier molecular flexibility index (Phi) is 6.97. The lowest BCUT2D eigenvalue weighted by Crippen LogP contribution is -2.25. The third kappa shape index (κ3) is 4.70. The summed E-state index contributed by atoms with van der Waals surface area (Å²) in [7, 11) is -3.24. The molecule has 0 radical (unpaired) electrons. The molecule has 0 atom stereocenters. The van der Waals surface area contributed by atoms with E-state index in [2.05, 4.69) is 60.7 Å². The third-order valence-corrected chi connectivity index (χ3v) is 12.7.